The molecule has 1 aliphatic rings. The zero-order chi connectivity index (χ0) is 26.6. The first-order chi connectivity index (χ1) is 19.0. The number of ether oxygens (including phenoxy) is 1. The smallest absolute Gasteiger partial charge is 0.135 e. The summed E-state index contributed by atoms with van der Waals surface area (Å²) in [5.74, 6) is 2.11. The van der Waals surface area contributed by atoms with E-state index in [1.54, 1.807) is 0 Å². The van der Waals surface area contributed by atoms with Crippen LogP contribution in [0.15, 0.2) is 97.2 Å². The van der Waals surface area contributed by atoms with Crippen LogP contribution in [0.25, 0.3) is 27.6 Å². The molecule has 7 rings (SSSR count). The predicted octanol–water partition coefficient (Wildman–Crippen LogP) is 8.55. The second kappa shape index (κ2) is 10.1. The fourth-order valence-electron chi connectivity index (χ4n) is 5.14. The van der Waals surface area contributed by atoms with Crippen molar-refractivity contribution in [3.63, 3.8) is 0 Å². The minimum atomic E-state index is 0. The topological polar surface area (TPSA) is 42.3 Å². The first-order valence-corrected chi connectivity index (χ1v) is 13.1. The van der Waals surface area contributed by atoms with Gasteiger partial charge in [-0.1, -0.05) is 56.6 Å². The Hall–Kier alpha value is -4.08. The van der Waals surface area contributed by atoms with Crippen molar-refractivity contribution in [2.45, 2.75) is 26.2 Å². The Balaban J connectivity index is 0.00000289. The second-order valence-electron chi connectivity index (χ2n) is 10.8. The van der Waals surface area contributed by atoms with Crippen LogP contribution in [0.3, 0.4) is 0 Å². The zero-order valence-electron chi connectivity index (χ0n) is 22.4. The average Bonchev–Trinajstić information content (AvgIpc) is 3.52. The third-order valence-electron chi connectivity index (χ3n) is 7.14. The molecule has 3 heterocycles. The van der Waals surface area contributed by atoms with Crippen LogP contribution in [0.2, 0.25) is 0 Å². The van der Waals surface area contributed by atoms with Crippen LogP contribution in [-0.2, 0) is 26.5 Å². The summed E-state index contributed by atoms with van der Waals surface area (Å²) < 4.78 is 8.51. The summed E-state index contributed by atoms with van der Waals surface area (Å²) in [5.41, 5.74) is 6.29. The van der Waals surface area contributed by atoms with E-state index in [4.69, 9.17) is 9.72 Å². The van der Waals surface area contributed by atoms with Gasteiger partial charge in [-0.3, -0.25) is 0 Å². The van der Waals surface area contributed by atoms with Gasteiger partial charge in [0.1, 0.15) is 5.82 Å². The van der Waals surface area contributed by atoms with E-state index in [1.807, 2.05) is 49.3 Å². The number of fused-ring (bicyclic) bond motifs is 4. The van der Waals surface area contributed by atoms with Crippen LogP contribution in [-0.4, -0.2) is 9.55 Å². The summed E-state index contributed by atoms with van der Waals surface area (Å²) in [6.45, 7) is 8.59. The number of para-hydroxylation sites is 3. The van der Waals surface area contributed by atoms with Gasteiger partial charge in [0.25, 0.3) is 0 Å². The molecule has 0 radical (unpaired) electrons. The van der Waals surface area contributed by atoms with Gasteiger partial charge in [0.2, 0.25) is 0 Å². The molecule has 0 unspecified atom stereocenters. The Morgan fingerprint density at radius 2 is 1.62 bits per heavy atom. The number of nitrogens with one attached hydrogen (secondary N) is 1. The summed E-state index contributed by atoms with van der Waals surface area (Å²) >= 11 is 0. The summed E-state index contributed by atoms with van der Waals surface area (Å²) in [6.07, 6.45) is 1.89. The van der Waals surface area contributed by atoms with E-state index in [9.17, 15) is 0 Å². The van der Waals surface area contributed by atoms with Gasteiger partial charge in [-0.25, -0.2) is 4.98 Å². The molecule has 0 atom stereocenters. The van der Waals surface area contributed by atoms with E-state index in [2.05, 4.69) is 102 Å². The van der Waals surface area contributed by atoms with E-state index in [1.165, 1.54) is 5.56 Å². The van der Waals surface area contributed by atoms with Gasteiger partial charge in [0.05, 0.1) is 0 Å². The molecule has 0 fully saturated rings. The van der Waals surface area contributed by atoms with Crippen LogP contribution in [0.4, 0.5) is 17.1 Å². The molecule has 1 N–H and O–H groups in total. The Morgan fingerprint density at radius 1 is 0.825 bits per heavy atom. The first kappa shape index (κ1) is 26.2. The van der Waals surface area contributed by atoms with E-state index in [0.29, 0.717) is 11.5 Å². The van der Waals surface area contributed by atoms with Gasteiger partial charge >= 0.3 is 0 Å². The number of hydrogen-bond donors (Lipinski definition) is 1. The van der Waals surface area contributed by atoms with Crippen LogP contribution in [0.5, 0.6) is 11.5 Å². The van der Waals surface area contributed by atoms with Crippen molar-refractivity contribution in [3.05, 3.63) is 122 Å². The van der Waals surface area contributed by atoms with Gasteiger partial charge in [-0.2, -0.15) is 18.8 Å². The summed E-state index contributed by atoms with van der Waals surface area (Å²) in [5, 5.41) is 5.57. The van der Waals surface area contributed by atoms with Gasteiger partial charge in [-0.15, -0.1) is 41.4 Å². The number of hydrogen-bond acceptors (Lipinski definition) is 4. The van der Waals surface area contributed by atoms with Crippen LogP contribution < -0.4 is 15.0 Å². The number of benzene rings is 4. The number of anilines is 3. The molecule has 0 bridgehead atoms. The minimum Gasteiger partial charge on any atom is -0.514 e. The molecule has 40 heavy (non-hydrogen) atoms. The quantitative estimate of drug-likeness (QED) is 0.187. The molecule has 6 aromatic rings. The van der Waals surface area contributed by atoms with Crippen molar-refractivity contribution in [2.24, 2.45) is 0 Å². The SMILES string of the molecule is CC(C)(C)c1ccnc(-n2c3[c-]c(Oc4[c-]c(N5[CH-]Nc6ccccc65)ccc4)ccc3c3ccccc32)c1.[Pt]. The molecule has 0 aliphatic carbocycles. The Kier molecular flexibility index (Phi) is 6.64. The number of pyridine rings is 1. The summed E-state index contributed by atoms with van der Waals surface area (Å²) in [4.78, 5) is 6.83. The van der Waals surface area contributed by atoms with Crippen molar-refractivity contribution >= 4 is 38.9 Å². The molecular formula is C34H27N4OPt-3. The van der Waals surface area contributed by atoms with Gasteiger partial charge in [-0.05, 0) is 46.7 Å². The molecular weight excluding hydrogens is 675 g/mol. The summed E-state index contributed by atoms with van der Waals surface area (Å²) in [6, 6.07) is 37.8. The van der Waals surface area contributed by atoms with Crippen molar-refractivity contribution in [2.75, 3.05) is 10.2 Å². The summed E-state index contributed by atoms with van der Waals surface area (Å²) in [7, 11) is 0. The van der Waals surface area contributed by atoms with E-state index in [-0.39, 0.29) is 26.5 Å². The standard InChI is InChI=1S/C34H27N4O.Pt/c1-34(2,3)23-17-18-35-33(19-23)38-30-13-6-4-11-27(30)28-16-15-26(21-32(28)38)39-25-10-8-9-24(20-25)37-22-36-29-12-5-7-14-31(29)37;/h4-19,22,36H,1-3H3;/q-3;. The number of nitrogens with zero attached hydrogens (tertiary/aromatic N) is 3. The first-order valence-electron chi connectivity index (χ1n) is 13.1. The Bertz CT molecular complexity index is 1850. The molecule has 202 valence electrons. The van der Waals surface area contributed by atoms with Crippen LogP contribution in [0, 0.1) is 18.8 Å². The maximum atomic E-state index is 6.33. The molecule has 0 amide bonds. The van der Waals surface area contributed by atoms with Crippen molar-refractivity contribution < 1.29 is 25.8 Å². The van der Waals surface area contributed by atoms with E-state index >= 15 is 0 Å². The van der Waals surface area contributed by atoms with Gasteiger partial charge in [0, 0.05) is 55.7 Å². The monoisotopic (exact) mass is 702 g/mol. The number of rotatable bonds is 4. The molecule has 4 aromatic carbocycles. The maximum Gasteiger partial charge on any atom is 0.135 e. The Labute approximate surface area is 248 Å². The third kappa shape index (κ3) is 4.55. The molecule has 0 spiro atoms. The second-order valence-corrected chi connectivity index (χ2v) is 10.8. The minimum absolute atomic E-state index is 0. The Morgan fingerprint density at radius 3 is 2.50 bits per heavy atom. The third-order valence-corrected chi connectivity index (χ3v) is 7.14. The average molecular weight is 703 g/mol. The molecule has 6 heteroatoms. The number of aromatic nitrogens is 2. The zero-order valence-corrected chi connectivity index (χ0v) is 24.7. The van der Waals surface area contributed by atoms with Gasteiger partial charge < -0.3 is 19.5 Å². The van der Waals surface area contributed by atoms with Crippen LogP contribution in [0.1, 0.15) is 26.3 Å². The normalized spacial score (nSPS) is 12.7. The van der Waals surface area contributed by atoms with Crippen molar-refractivity contribution in [3.8, 4) is 17.3 Å². The fourth-order valence-corrected chi connectivity index (χ4v) is 5.14. The molecule has 2 aromatic heterocycles. The molecule has 1 aliphatic heterocycles. The maximum absolute atomic E-state index is 6.33. The molecule has 5 nitrogen and oxygen atoms in total. The largest absolute Gasteiger partial charge is 0.514 e. The van der Waals surface area contributed by atoms with Crippen molar-refractivity contribution in [1.29, 1.82) is 0 Å². The van der Waals surface area contributed by atoms with Gasteiger partial charge in [0.15, 0.2) is 0 Å². The predicted molar refractivity (Wildman–Crippen MR) is 158 cm³/mol. The van der Waals surface area contributed by atoms with Crippen LogP contribution >= 0.6 is 0 Å². The molecule has 0 saturated carbocycles. The fraction of sp³-hybridized carbons (Fsp3) is 0.118. The van der Waals surface area contributed by atoms with E-state index in [0.717, 1.165) is 44.7 Å². The molecule has 0 saturated heterocycles. The van der Waals surface area contributed by atoms with E-state index < -0.39 is 0 Å². The van der Waals surface area contributed by atoms with Crippen molar-refractivity contribution in [1.82, 2.24) is 9.55 Å².